The van der Waals surface area contributed by atoms with Gasteiger partial charge in [0.2, 0.25) is 0 Å². The van der Waals surface area contributed by atoms with Crippen LogP contribution in [0.4, 0.5) is 0 Å². The largest absolute Gasteiger partial charge is 0.504 e. The molecule has 0 radical (unpaired) electrons. The van der Waals surface area contributed by atoms with Gasteiger partial charge < -0.3 is 19.0 Å². The van der Waals surface area contributed by atoms with Crippen molar-refractivity contribution in [3.8, 4) is 17.2 Å². The lowest BCUT2D eigenvalue weighted by Gasteiger charge is -2.23. The monoisotopic (exact) mass is 302 g/mol. The minimum atomic E-state index is -0.528. The average molecular weight is 302 g/mol. The third-order valence-electron chi connectivity index (χ3n) is 3.62. The van der Waals surface area contributed by atoms with Crippen molar-refractivity contribution in [3.05, 3.63) is 51.6 Å². The Morgan fingerprint density at radius 3 is 2.77 bits per heavy atom. The Balaban J connectivity index is 2.17. The standard InChI is InChI=1S/C16H14O6/c1-8-5-13-15(16(19)21-8)10(7-14(18)22-13)9-3-4-11(17)12(6-9)20-2/h3-6,10,17H,7H2,1-2H3. The van der Waals surface area contributed by atoms with Crippen LogP contribution < -0.4 is 15.1 Å². The van der Waals surface area contributed by atoms with Gasteiger partial charge in [-0.2, -0.15) is 0 Å². The first-order chi connectivity index (χ1) is 10.5. The lowest BCUT2D eigenvalue weighted by molar-refractivity contribution is -0.135. The molecule has 0 bridgehead atoms. The van der Waals surface area contributed by atoms with Gasteiger partial charge in [-0.3, -0.25) is 4.79 Å². The van der Waals surface area contributed by atoms with Crippen LogP contribution >= 0.6 is 0 Å². The van der Waals surface area contributed by atoms with Crippen LogP contribution in [0.2, 0.25) is 0 Å². The number of aromatic hydroxyl groups is 1. The molecule has 0 amide bonds. The fourth-order valence-electron chi connectivity index (χ4n) is 2.62. The molecule has 6 nitrogen and oxygen atoms in total. The van der Waals surface area contributed by atoms with Crippen LogP contribution in [0.5, 0.6) is 17.2 Å². The van der Waals surface area contributed by atoms with Crippen LogP contribution in [0.3, 0.4) is 0 Å². The number of carbonyl (C=O) groups is 1. The number of carbonyl (C=O) groups excluding carboxylic acids is 1. The quantitative estimate of drug-likeness (QED) is 0.855. The van der Waals surface area contributed by atoms with E-state index in [1.165, 1.54) is 19.2 Å². The van der Waals surface area contributed by atoms with Gasteiger partial charge in [0.05, 0.1) is 19.1 Å². The zero-order chi connectivity index (χ0) is 15.9. The van der Waals surface area contributed by atoms with E-state index >= 15 is 0 Å². The SMILES string of the molecule is COc1cc(C2CC(=O)Oc3cc(C)oc(=O)c32)ccc1O. The number of aryl methyl sites for hydroxylation is 1. The molecule has 1 atom stereocenters. The lowest BCUT2D eigenvalue weighted by atomic mass is 9.87. The summed E-state index contributed by atoms with van der Waals surface area (Å²) in [5.41, 5.74) is 0.446. The summed E-state index contributed by atoms with van der Waals surface area (Å²) >= 11 is 0. The molecule has 3 rings (SSSR count). The highest BCUT2D eigenvalue weighted by atomic mass is 16.5. The van der Waals surface area contributed by atoms with Gasteiger partial charge in [0.1, 0.15) is 11.5 Å². The molecule has 1 unspecified atom stereocenters. The molecule has 1 aromatic carbocycles. The van der Waals surface area contributed by atoms with Crippen LogP contribution in [0, 0.1) is 6.92 Å². The third kappa shape index (κ3) is 2.32. The van der Waals surface area contributed by atoms with E-state index in [0.717, 1.165) is 0 Å². The van der Waals surface area contributed by atoms with Crippen molar-refractivity contribution in [1.82, 2.24) is 0 Å². The molecule has 1 aliphatic heterocycles. The second-order valence-corrected chi connectivity index (χ2v) is 5.08. The van der Waals surface area contributed by atoms with Gasteiger partial charge >= 0.3 is 11.6 Å². The Bertz CT molecular complexity index is 805. The summed E-state index contributed by atoms with van der Waals surface area (Å²) in [5.74, 6) is -0.0602. The van der Waals surface area contributed by atoms with Gasteiger partial charge in [0, 0.05) is 12.0 Å². The highest BCUT2D eigenvalue weighted by Crippen LogP contribution is 2.39. The predicted molar refractivity (Wildman–Crippen MR) is 76.5 cm³/mol. The van der Waals surface area contributed by atoms with Crippen molar-refractivity contribution in [2.24, 2.45) is 0 Å². The Morgan fingerprint density at radius 2 is 2.05 bits per heavy atom. The molecular formula is C16H14O6. The van der Waals surface area contributed by atoms with Crippen molar-refractivity contribution in [2.75, 3.05) is 7.11 Å². The van der Waals surface area contributed by atoms with E-state index in [1.807, 2.05) is 0 Å². The molecule has 0 saturated heterocycles. The van der Waals surface area contributed by atoms with Gasteiger partial charge in [-0.15, -0.1) is 0 Å². The van der Waals surface area contributed by atoms with Crippen LogP contribution in [0.1, 0.15) is 29.2 Å². The van der Waals surface area contributed by atoms with E-state index in [9.17, 15) is 14.7 Å². The smallest absolute Gasteiger partial charge is 0.343 e. The number of esters is 1. The lowest BCUT2D eigenvalue weighted by Crippen LogP contribution is -2.26. The molecular weight excluding hydrogens is 288 g/mol. The number of phenolic OH excluding ortho intramolecular Hbond substituents is 1. The van der Waals surface area contributed by atoms with Crippen molar-refractivity contribution in [1.29, 1.82) is 0 Å². The second kappa shape index (κ2) is 5.22. The van der Waals surface area contributed by atoms with Crippen molar-refractivity contribution in [2.45, 2.75) is 19.3 Å². The Morgan fingerprint density at radius 1 is 1.27 bits per heavy atom. The Labute approximate surface area is 125 Å². The fourth-order valence-corrected chi connectivity index (χ4v) is 2.62. The molecule has 0 fully saturated rings. The van der Waals surface area contributed by atoms with E-state index in [1.54, 1.807) is 19.1 Å². The van der Waals surface area contributed by atoms with Crippen LogP contribution in [-0.4, -0.2) is 18.2 Å². The first kappa shape index (κ1) is 14.2. The summed E-state index contributed by atoms with van der Waals surface area (Å²) in [6, 6.07) is 6.23. The number of methoxy groups -OCH3 is 1. The molecule has 1 aliphatic rings. The van der Waals surface area contributed by atoms with E-state index in [4.69, 9.17) is 13.9 Å². The number of benzene rings is 1. The van der Waals surface area contributed by atoms with Crippen molar-refractivity contribution in [3.63, 3.8) is 0 Å². The first-order valence-electron chi connectivity index (χ1n) is 6.72. The summed E-state index contributed by atoms with van der Waals surface area (Å²) in [7, 11) is 1.43. The Hall–Kier alpha value is -2.76. The number of hydrogen-bond acceptors (Lipinski definition) is 6. The maximum Gasteiger partial charge on any atom is 0.343 e. The van der Waals surface area contributed by atoms with E-state index < -0.39 is 17.5 Å². The van der Waals surface area contributed by atoms with Crippen molar-refractivity contribution >= 4 is 5.97 Å². The zero-order valence-corrected chi connectivity index (χ0v) is 12.1. The van der Waals surface area contributed by atoms with E-state index in [-0.39, 0.29) is 23.7 Å². The average Bonchev–Trinajstić information content (AvgIpc) is 2.46. The molecule has 1 aromatic heterocycles. The molecule has 1 N–H and O–H groups in total. The van der Waals surface area contributed by atoms with Gasteiger partial charge in [0.15, 0.2) is 11.5 Å². The number of hydrogen-bond donors (Lipinski definition) is 1. The van der Waals surface area contributed by atoms with Gasteiger partial charge in [-0.1, -0.05) is 6.07 Å². The van der Waals surface area contributed by atoms with Crippen LogP contribution in [-0.2, 0) is 4.79 Å². The topological polar surface area (TPSA) is 86.0 Å². The molecule has 0 saturated carbocycles. The molecule has 6 heteroatoms. The molecule has 2 heterocycles. The maximum absolute atomic E-state index is 12.2. The van der Waals surface area contributed by atoms with Crippen LogP contribution in [0.25, 0.3) is 0 Å². The van der Waals surface area contributed by atoms with E-state index in [2.05, 4.69) is 0 Å². The van der Waals surface area contributed by atoms with Gasteiger partial charge in [-0.25, -0.2) is 4.79 Å². The van der Waals surface area contributed by atoms with Gasteiger partial charge in [-0.05, 0) is 24.6 Å². The highest BCUT2D eigenvalue weighted by Gasteiger charge is 2.32. The van der Waals surface area contributed by atoms with Crippen LogP contribution in [0.15, 0.2) is 33.5 Å². The maximum atomic E-state index is 12.2. The molecule has 2 aromatic rings. The predicted octanol–water partition coefficient (Wildman–Crippen LogP) is 2.10. The summed E-state index contributed by atoms with van der Waals surface area (Å²) < 4.78 is 15.3. The Kier molecular flexibility index (Phi) is 3.36. The first-order valence-corrected chi connectivity index (χ1v) is 6.72. The summed E-state index contributed by atoms with van der Waals surface area (Å²) in [6.07, 6.45) is 0.0226. The number of ether oxygens (including phenoxy) is 2. The minimum absolute atomic E-state index is 0.0131. The summed E-state index contributed by atoms with van der Waals surface area (Å²) in [4.78, 5) is 24.0. The molecule has 0 spiro atoms. The molecule has 114 valence electrons. The van der Waals surface area contributed by atoms with Crippen molar-refractivity contribution < 1.29 is 23.8 Å². The highest BCUT2D eigenvalue weighted by molar-refractivity contribution is 5.77. The zero-order valence-electron chi connectivity index (χ0n) is 12.1. The normalized spacial score (nSPS) is 16.8. The number of fused-ring (bicyclic) bond motifs is 1. The molecule has 0 aliphatic carbocycles. The van der Waals surface area contributed by atoms with Gasteiger partial charge in [0.25, 0.3) is 0 Å². The number of phenols is 1. The second-order valence-electron chi connectivity index (χ2n) is 5.08. The summed E-state index contributed by atoms with van der Waals surface area (Å²) in [5, 5.41) is 9.67. The third-order valence-corrected chi connectivity index (χ3v) is 3.62. The minimum Gasteiger partial charge on any atom is -0.504 e. The summed E-state index contributed by atoms with van der Waals surface area (Å²) in [6.45, 7) is 1.61. The fraction of sp³-hybridized carbons (Fsp3) is 0.250. The number of rotatable bonds is 2. The molecule has 22 heavy (non-hydrogen) atoms. The van der Waals surface area contributed by atoms with E-state index in [0.29, 0.717) is 16.9 Å².